The molecule has 1 aliphatic heterocycles. The van der Waals surface area contributed by atoms with Crippen LogP contribution in [0.2, 0.25) is 0 Å². The number of carbonyl (C=O) groups is 1. The fourth-order valence-electron chi connectivity index (χ4n) is 2.18. The molecule has 1 amide bonds. The average molecular weight is 338 g/mol. The van der Waals surface area contributed by atoms with Crippen molar-refractivity contribution < 1.29 is 24.1 Å². The van der Waals surface area contributed by atoms with Gasteiger partial charge in [-0.1, -0.05) is 19.1 Å². The SMILES string of the molecule is CCO/C([O-])=C/C(=O)N1CCSC1COc1ccccc1OC. The zero-order valence-corrected chi connectivity index (χ0v) is 14.0. The van der Waals surface area contributed by atoms with Gasteiger partial charge in [-0.3, -0.25) is 4.79 Å². The molecule has 1 aromatic rings. The van der Waals surface area contributed by atoms with E-state index in [9.17, 15) is 9.90 Å². The van der Waals surface area contributed by atoms with Gasteiger partial charge in [-0.15, -0.1) is 11.8 Å². The van der Waals surface area contributed by atoms with Gasteiger partial charge >= 0.3 is 0 Å². The summed E-state index contributed by atoms with van der Waals surface area (Å²) in [5.41, 5.74) is 0. The van der Waals surface area contributed by atoms with Crippen LogP contribution in [0.4, 0.5) is 0 Å². The average Bonchev–Trinajstić information content (AvgIpc) is 3.02. The highest BCUT2D eigenvalue weighted by Gasteiger charge is 2.29. The van der Waals surface area contributed by atoms with Crippen molar-refractivity contribution in [3.63, 3.8) is 0 Å². The second-order valence-corrected chi connectivity index (χ2v) is 6.00. The first kappa shape index (κ1) is 17.3. The molecule has 126 valence electrons. The predicted octanol–water partition coefficient (Wildman–Crippen LogP) is 1.21. The Balaban J connectivity index is 1.96. The molecule has 1 aliphatic rings. The lowest BCUT2D eigenvalue weighted by Gasteiger charge is -2.24. The van der Waals surface area contributed by atoms with Crippen molar-refractivity contribution in [3.8, 4) is 11.5 Å². The first-order chi connectivity index (χ1) is 11.2. The Labute approximate surface area is 140 Å². The number of amides is 1. The van der Waals surface area contributed by atoms with E-state index in [0.717, 1.165) is 11.8 Å². The minimum atomic E-state index is -0.612. The molecule has 0 bridgehead atoms. The molecule has 0 radical (unpaired) electrons. The van der Waals surface area contributed by atoms with Crippen LogP contribution in [-0.2, 0) is 9.53 Å². The number of ether oxygens (including phenoxy) is 3. The maximum Gasteiger partial charge on any atom is 0.249 e. The minimum Gasteiger partial charge on any atom is -0.613 e. The van der Waals surface area contributed by atoms with Gasteiger partial charge in [0.15, 0.2) is 11.5 Å². The van der Waals surface area contributed by atoms with Gasteiger partial charge in [0.05, 0.1) is 13.1 Å². The molecule has 1 atom stereocenters. The van der Waals surface area contributed by atoms with Gasteiger partial charge in [-0.25, -0.2) is 0 Å². The van der Waals surface area contributed by atoms with Crippen LogP contribution in [0.5, 0.6) is 11.5 Å². The van der Waals surface area contributed by atoms with Gasteiger partial charge in [0.1, 0.15) is 12.0 Å². The van der Waals surface area contributed by atoms with Gasteiger partial charge in [0, 0.05) is 18.4 Å². The summed E-state index contributed by atoms with van der Waals surface area (Å²) in [6.07, 6.45) is 0.992. The Morgan fingerprint density at radius 3 is 2.87 bits per heavy atom. The third-order valence-electron chi connectivity index (χ3n) is 3.25. The number of hydrogen-bond donors (Lipinski definition) is 0. The van der Waals surface area contributed by atoms with E-state index in [1.807, 2.05) is 24.3 Å². The third-order valence-corrected chi connectivity index (χ3v) is 4.45. The molecule has 1 saturated heterocycles. The smallest absolute Gasteiger partial charge is 0.249 e. The summed E-state index contributed by atoms with van der Waals surface area (Å²) in [4.78, 5) is 13.8. The molecule has 6 nitrogen and oxygen atoms in total. The summed E-state index contributed by atoms with van der Waals surface area (Å²) in [5, 5.41) is 11.3. The zero-order chi connectivity index (χ0) is 16.7. The lowest BCUT2D eigenvalue weighted by molar-refractivity contribution is -0.356. The van der Waals surface area contributed by atoms with E-state index in [0.29, 0.717) is 24.7 Å². The molecule has 7 heteroatoms. The number of thioether (sulfide) groups is 1. The van der Waals surface area contributed by atoms with Crippen molar-refractivity contribution in [2.75, 3.05) is 32.6 Å². The number of rotatable bonds is 7. The van der Waals surface area contributed by atoms with Crippen molar-refractivity contribution in [1.29, 1.82) is 0 Å². The number of hydrogen-bond acceptors (Lipinski definition) is 6. The van der Waals surface area contributed by atoms with Crippen LogP contribution in [-0.4, -0.2) is 48.8 Å². The van der Waals surface area contributed by atoms with Crippen LogP contribution < -0.4 is 14.6 Å². The number of para-hydroxylation sites is 2. The molecule has 1 unspecified atom stereocenters. The van der Waals surface area contributed by atoms with Crippen LogP contribution in [0, 0.1) is 0 Å². The Bertz CT molecular complexity index is 563. The largest absolute Gasteiger partial charge is 0.613 e. The van der Waals surface area contributed by atoms with Gasteiger partial charge < -0.3 is 24.2 Å². The normalized spacial score (nSPS) is 17.9. The lowest BCUT2D eigenvalue weighted by Crippen LogP contribution is -2.37. The highest BCUT2D eigenvalue weighted by molar-refractivity contribution is 8.00. The van der Waals surface area contributed by atoms with E-state index < -0.39 is 5.95 Å². The molecule has 0 aliphatic carbocycles. The topological polar surface area (TPSA) is 71.1 Å². The molecule has 1 fully saturated rings. The van der Waals surface area contributed by atoms with E-state index in [2.05, 4.69) is 0 Å². The summed E-state index contributed by atoms with van der Waals surface area (Å²) < 4.78 is 15.8. The second kappa shape index (κ2) is 8.57. The molecule has 23 heavy (non-hydrogen) atoms. The quantitative estimate of drug-likeness (QED) is 0.550. The second-order valence-electron chi connectivity index (χ2n) is 4.72. The van der Waals surface area contributed by atoms with Crippen LogP contribution in [0.1, 0.15) is 6.92 Å². The van der Waals surface area contributed by atoms with Gasteiger partial charge in [-0.2, -0.15) is 0 Å². The van der Waals surface area contributed by atoms with Crippen LogP contribution in [0.3, 0.4) is 0 Å². The van der Waals surface area contributed by atoms with Crippen molar-refractivity contribution in [3.05, 3.63) is 36.3 Å². The first-order valence-electron chi connectivity index (χ1n) is 7.35. The molecule has 2 rings (SSSR count). The summed E-state index contributed by atoms with van der Waals surface area (Å²) in [6.45, 7) is 2.86. The van der Waals surface area contributed by atoms with Crippen molar-refractivity contribution in [2.24, 2.45) is 0 Å². The fraction of sp³-hybridized carbons (Fsp3) is 0.438. The minimum absolute atomic E-state index is 0.141. The van der Waals surface area contributed by atoms with Crippen LogP contribution in [0.15, 0.2) is 36.3 Å². The van der Waals surface area contributed by atoms with E-state index in [-0.39, 0.29) is 17.9 Å². The Morgan fingerprint density at radius 2 is 2.17 bits per heavy atom. The summed E-state index contributed by atoms with van der Waals surface area (Å²) in [5.74, 6) is 1.12. The molecule has 1 aromatic carbocycles. The Kier molecular flexibility index (Phi) is 6.46. The van der Waals surface area contributed by atoms with Crippen LogP contribution >= 0.6 is 11.8 Å². The molecular weight excluding hydrogens is 318 g/mol. The van der Waals surface area contributed by atoms with Crippen molar-refractivity contribution in [1.82, 2.24) is 4.90 Å². The first-order valence-corrected chi connectivity index (χ1v) is 8.40. The molecule has 0 aromatic heterocycles. The zero-order valence-electron chi connectivity index (χ0n) is 13.2. The fourth-order valence-corrected chi connectivity index (χ4v) is 3.31. The van der Waals surface area contributed by atoms with E-state index in [4.69, 9.17) is 14.2 Å². The number of nitrogens with zero attached hydrogens (tertiary/aromatic N) is 1. The molecule has 0 spiro atoms. The summed E-state index contributed by atoms with van der Waals surface area (Å²) >= 11 is 1.62. The van der Waals surface area contributed by atoms with Crippen LogP contribution in [0.25, 0.3) is 0 Å². The Morgan fingerprint density at radius 1 is 1.43 bits per heavy atom. The predicted molar refractivity (Wildman–Crippen MR) is 86.2 cm³/mol. The maximum absolute atomic E-state index is 12.2. The van der Waals surface area contributed by atoms with Gasteiger partial charge in [0.2, 0.25) is 5.91 Å². The van der Waals surface area contributed by atoms with E-state index in [1.54, 1.807) is 30.7 Å². The molecule has 1 heterocycles. The summed E-state index contributed by atoms with van der Waals surface area (Å²) in [6, 6.07) is 7.35. The molecular formula is C16H20NO5S-. The number of carbonyl (C=O) groups excluding carboxylic acids is 1. The monoisotopic (exact) mass is 338 g/mol. The summed E-state index contributed by atoms with van der Waals surface area (Å²) in [7, 11) is 1.58. The van der Waals surface area contributed by atoms with Crippen molar-refractivity contribution >= 4 is 17.7 Å². The lowest BCUT2D eigenvalue weighted by atomic mass is 10.3. The highest BCUT2D eigenvalue weighted by Crippen LogP contribution is 2.29. The van der Waals surface area contributed by atoms with E-state index in [1.165, 1.54) is 0 Å². The maximum atomic E-state index is 12.2. The van der Waals surface area contributed by atoms with E-state index >= 15 is 0 Å². The highest BCUT2D eigenvalue weighted by atomic mass is 32.2. The standard InChI is InChI=1S/C16H21NO5S/c1-3-21-16(19)10-14(18)17-8-9-23-15(17)11-22-13-7-5-4-6-12(13)20-2/h4-7,10,15,19H,3,8-9,11H2,1-2H3/p-1/b16-10+. The number of benzene rings is 1. The third kappa shape index (κ3) is 4.72. The van der Waals surface area contributed by atoms with Gasteiger partial charge in [-0.05, 0) is 18.7 Å². The number of methoxy groups -OCH3 is 1. The van der Waals surface area contributed by atoms with Crippen molar-refractivity contribution in [2.45, 2.75) is 12.3 Å². The Hall–Kier alpha value is -2.02. The molecule has 0 N–H and O–H groups in total. The molecule has 0 saturated carbocycles. The van der Waals surface area contributed by atoms with Gasteiger partial charge in [0.25, 0.3) is 0 Å².